The van der Waals surface area contributed by atoms with Gasteiger partial charge in [-0.15, -0.1) is 11.3 Å². The molecule has 0 radical (unpaired) electrons. The number of nitrogens with two attached hydrogens (primary N) is 1. The van der Waals surface area contributed by atoms with E-state index in [2.05, 4.69) is 15.3 Å². The molecule has 0 saturated carbocycles. The number of carbonyl (C=O) groups is 1. The van der Waals surface area contributed by atoms with Gasteiger partial charge in [-0.3, -0.25) is 4.79 Å². The summed E-state index contributed by atoms with van der Waals surface area (Å²) in [5.74, 6) is -0.276. The summed E-state index contributed by atoms with van der Waals surface area (Å²) in [6.07, 6.45) is 1.50. The molecule has 0 aliphatic rings. The molecule has 10 heteroatoms. The Labute approximate surface area is 187 Å². The van der Waals surface area contributed by atoms with Crippen molar-refractivity contribution in [3.8, 4) is 10.4 Å². The van der Waals surface area contributed by atoms with Gasteiger partial charge in [0.25, 0.3) is 0 Å². The largest absolute Gasteiger partial charge is 0.325 e. The van der Waals surface area contributed by atoms with Crippen LogP contribution in [-0.4, -0.2) is 29.5 Å². The van der Waals surface area contributed by atoms with Gasteiger partial charge in [0.1, 0.15) is 16.2 Å². The van der Waals surface area contributed by atoms with Crippen molar-refractivity contribution in [2.24, 2.45) is 5.14 Å². The fourth-order valence-corrected chi connectivity index (χ4v) is 5.41. The molecule has 4 aromatic rings. The minimum atomic E-state index is -3.85. The number of nitrogens with zero attached hydrogens (tertiary/aromatic N) is 2. The van der Waals surface area contributed by atoms with Crippen LogP contribution in [0.1, 0.15) is 6.92 Å². The Morgan fingerprint density at radius 2 is 1.87 bits per heavy atom. The molecule has 0 saturated heterocycles. The highest BCUT2D eigenvalue weighted by molar-refractivity contribution is 8.00. The Morgan fingerprint density at radius 3 is 2.61 bits per heavy atom. The maximum absolute atomic E-state index is 12.7. The fraction of sp³-hybridized carbons (Fsp3) is 0.0952. The second-order valence-corrected chi connectivity index (χ2v) is 10.6. The van der Waals surface area contributed by atoms with E-state index < -0.39 is 15.3 Å². The Morgan fingerprint density at radius 1 is 1.10 bits per heavy atom. The highest BCUT2D eigenvalue weighted by Gasteiger charge is 2.19. The van der Waals surface area contributed by atoms with E-state index in [1.54, 1.807) is 24.3 Å². The minimum absolute atomic E-state index is 0.0603. The monoisotopic (exact) mass is 470 g/mol. The normalized spacial score (nSPS) is 12.6. The van der Waals surface area contributed by atoms with Crippen LogP contribution in [0.5, 0.6) is 0 Å². The number of fused-ring (bicyclic) bond motifs is 1. The van der Waals surface area contributed by atoms with Crippen LogP contribution in [0.3, 0.4) is 0 Å². The molecule has 2 heterocycles. The summed E-state index contributed by atoms with van der Waals surface area (Å²) < 4.78 is 23.0. The summed E-state index contributed by atoms with van der Waals surface area (Å²) >= 11 is 2.89. The number of hydrogen-bond acceptors (Lipinski definition) is 7. The predicted molar refractivity (Wildman–Crippen MR) is 125 cm³/mol. The van der Waals surface area contributed by atoms with Gasteiger partial charge in [0.05, 0.1) is 10.1 Å². The summed E-state index contributed by atoms with van der Waals surface area (Å²) in [4.78, 5) is 23.3. The number of rotatable bonds is 6. The molecule has 7 nitrogen and oxygen atoms in total. The number of anilines is 1. The molecule has 31 heavy (non-hydrogen) atoms. The van der Waals surface area contributed by atoms with Gasteiger partial charge in [0.2, 0.25) is 15.9 Å². The van der Waals surface area contributed by atoms with Crippen LogP contribution >= 0.6 is 23.1 Å². The Bertz CT molecular complexity index is 1350. The fourth-order valence-electron chi connectivity index (χ4n) is 2.89. The van der Waals surface area contributed by atoms with Gasteiger partial charge in [-0.2, -0.15) is 0 Å². The van der Waals surface area contributed by atoms with E-state index in [1.807, 2.05) is 36.4 Å². The summed E-state index contributed by atoms with van der Waals surface area (Å²) in [5.41, 5.74) is 1.46. The van der Waals surface area contributed by atoms with Crippen molar-refractivity contribution in [2.45, 2.75) is 22.1 Å². The van der Waals surface area contributed by atoms with Gasteiger partial charge in [-0.05, 0) is 36.8 Å². The number of thiophene rings is 1. The first-order valence-corrected chi connectivity index (χ1v) is 12.5. The number of amides is 1. The number of benzene rings is 2. The van der Waals surface area contributed by atoms with Crippen molar-refractivity contribution in [3.05, 3.63) is 67.0 Å². The number of hydrogen-bond donors (Lipinski definition) is 2. The second-order valence-electron chi connectivity index (χ2n) is 6.70. The molecule has 0 spiro atoms. The topological polar surface area (TPSA) is 115 Å². The van der Waals surface area contributed by atoms with Crippen LogP contribution in [0.4, 0.5) is 5.69 Å². The molecular weight excluding hydrogens is 452 g/mol. The Kier molecular flexibility index (Phi) is 6.05. The van der Waals surface area contributed by atoms with E-state index in [-0.39, 0.29) is 10.8 Å². The number of sulfonamides is 1. The molecule has 1 atom stereocenters. The molecule has 2 aromatic heterocycles. The number of thioether (sulfide) groups is 1. The lowest BCUT2D eigenvalue weighted by Gasteiger charge is -2.12. The summed E-state index contributed by atoms with van der Waals surface area (Å²) in [6, 6.07) is 17.9. The van der Waals surface area contributed by atoms with Gasteiger partial charge >= 0.3 is 0 Å². The molecular formula is C21H18N4O3S3. The van der Waals surface area contributed by atoms with Crippen molar-refractivity contribution in [2.75, 3.05) is 5.32 Å². The zero-order chi connectivity index (χ0) is 22.0. The van der Waals surface area contributed by atoms with Gasteiger partial charge in [-0.1, -0.05) is 48.2 Å². The van der Waals surface area contributed by atoms with Crippen molar-refractivity contribution >= 4 is 54.9 Å². The average Bonchev–Trinajstić information content (AvgIpc) is 3.19. The van der Waals surface area contributed by atoms with Crippen molar-refractivity contribution in [3.63, 3.8) is 0 Å². The van der Waals surface area contributed by atoms with Crippen molar-refractivity contribution in [1.29, 1.82) is 0 Å². The van der Waals surface area contributed by atoms with E-state index in [4.69, 9.17) is 5.14 Å². The van der Waals surface area contributed by atoms with Crippen LogP contribution in [0.15, 0.2) is 76.9 Å². The van der Waals surface area contributed by atoms with Crippen LogP contribution < -0.4 is 10.5 Å². The Hall–Kier alpha value is -2.79. The van der Waals surface area contributed by atoms with Crippen LogP contribution in [-0.2, 0) is 14.8 Å². The third-order valence-electron chi connectivity index (χ3n) is 4.44. The lowest BCUT2D eigenvalue weighted by atomic mass is 10.2. The lowest BCUT2D eigenvalue weighted by molar-refractivity contribution is -0.115. The summed E-state index contributed by atoms with van der Waals surface area (Å²) in [7, 11) is -3.85. The molecule has 0 fully saturated rings. The molecule has 0 bridgehead atoms. The van der Waals surface area contributed by atoms with E-state index in [0.29, 0.717) is 10.7 Å². The van der Waals surface area contributed by atoms with Gasteiger partial charge in [0.15, 0.2) is 0 Å². The molecule has 3 N–H and O–H groups in total. The molecule has 0 aliphatic carbocycles. The number of aromatic nitrogens is 2. The van der Waals surface area contributed by atoms with E-state index in [9.17, 15) is 13.2 Å². The molecule has 0 aliphatic heterocycles. The molecule has 4 rings (SSSR count). The quantitative estimate of drug-likeness (QED) is 0.323. The van der Waals surface area contributed by atoms with E-state index >= 15 is 0 Å². The number of nitrogens with one attached hydrogen (secondary N) is 1. The maximum Gasteiger partial charge on any atom is 0.238 e. The molecule has 1 amide bonds. The SMILES string of the molecule is CC(Sc1ncnc2sc(-c3ccccc3)cc12)C(=O)Nc1cccc(S(N)(=O)=O)c1. The van der Waals surface area contributed by atoms with E-state index in [1.165, 1.54) is 36.3 Å². The summed E-state index contributed by atoms with van der Waals surface area (Å²) in [6.45, 7) is 1.77. The van der Waals surface area contributed by atoms with Gasteiger partial charge < -0.3 is 5.32 Å². The number of primary sulfonamides is 1. The Balaban J connectivity index is 1.54. The first-order valence-electron chi connectivity index (χ1n) is 9.21. The second kappa shape index (κ2) is 8.75. The van der Waals surface area contributed by atoms with Crippen LogP contribution in [0.25, 0.3) is 20.7 Å². The zero-order valence-corrected chi connectivity index (χ0v) is 18.8. The highest BCUT2D eigenvalue weighted by Crippen LogP contribution is 2.37. The highest BCUT2D eigenvalue weighted by atomic mass is 32.2. The predicted octanol–water partition coefficient (Wildman–Crippen LogP) is 4.13. The van der Waals surface area contributed by atoms with Crippen LogP contribution in [0.2, 0.25) is 0 Å². The first-order chi connectivity index (χ1) is 14.8. The van der Waals surface area contributed by atoms with E-state index in [0.717, 1.165) is 20.7 Å². The van der Waals surface area contributed by atoms with Gasteiger partial charge in [-0.25, -0.2) is 23.5 Å². The van der Waals surface area contributed by atoms with Crippen LogP contribution in [0, 0.1) is 0 Å². The molecule has 2 aromatic carbocycles. The molecule has 1 unspecified atom stereocenters. The number of carbonyl (C=O) groups excluding carboxylic acids is 1. The zero-order valence-electron chi connectivity index (χ0n) is 16.3. The van der Waals surface area contributed by atoms with Gasteiger partial charge in [0, 0.05) is 16.0 Å². The molecule has 158 valence electrons. The minimum Gasteiger partial charge on any atom is -0.325 e. The third-order valence-corrected chi connectivity index (χ3v) is 7.56. The third kappa shape index (κ3) is 4.93. The maximum atomic E-state index is 12.7. The summed E-state index contributed by atoms with van der Waals surface area (Å²) in [5, 5.41) is 9.02. The standard InChI is InChI=1S/C21H18N4O3S3/c1-13(19(26)25-15-8-5-9-16(10-15)31(22,27)28)29-20-17-11-18(14-6-3-2-4-7-14)30-21(17)24-12-23-20/h2-13H,1H3,(H,25,26)(H2,22,27,28). The van der Waals surface area contributed by atoms with Crippen molar-refractivity contribution < 1.29 is 13.2 Å². The van der Waals surface area contributed by atoms with Crippen molar-refractivity contribution in [1.82, 2.24) is 9.97 Å². The first kappa shape index (κ1) is 21.4. The lowest BCUT2D eigenvalue weighted by Crippen LogP contribution is -2.23. The average molecular weight is 471 g/mol. The smallest absolute Gasteiger partial charge is 0.238 e.